The molecule has 2 bridgehead atoms. The number of hydrogen-bond donors (Lipinski definition) is 1. The van der Waals surface area contributed by atoms with Gasteiger partial charge in [0.15, 0.2) is 0 Å². The summed E-state index contributed by atoms with van der Waals surface area (Å²) in [5.41, 5.74) is -0.238. The Kier molecular flexibility index (Phi) is 6.17. The van der Waals surface area contributed by atoms with Crippen molar-refractivity contribution in [3.8, 4) is 11.8 Å². The molecule has 32 heavy (non-hydrogen) atoms. The number of ether oxygens (including phenoxy) is 2. The lowest BCUT2D eigenvalue weighted by Crippen LogP contribution is -2.66. The SMILES string of the molecule is CC1C(O)OC(=O)c2sc(C#CC(C)(C)C)cc2N2C(=O)C1OCC2(C)C1CCCCC1. The van der Waals surface area contributed by atoms with E-state index in [1.807, 2.05) is 26.8 Å². The highest BCUT2D eigenvalue weighted by Crippen LogP contribution is 2.46. The van der Waals surface area contributed by atoms with Gasteiger partial charge >= 0.3 is 5.97 Å². The number of rotatable bonds is 1. The highest BCUT2D eigenvalue weighted by atomic mass is 32.1. The molecule has 2 aliphatic heterocycles. The van der Waals surface area contributed by atoms with Gasteiger partial charge in [0, 0.05) is 5.41 Å². The van der Waals surface area contributed by atoms with Crippen LogP contribution in [0.4, 0.5) is 5.69 Å². The van der Waals surface area contributed by atoms with Gasteiger partial charge in [-0.2, -0.15) is 0 Å². The number of hydrogen-bond acceptors (Lipinski definition) is 6. The molecule has 4 unspecified atom stereocenters. The van der Waals surface area contributed by atoms with Gasteiger partial charge in [0.05, 0.1) is 28.6 Å². The molecule has 4 rings (SSSR count). The Morgan fingerprint density at radius 3 is 2.56 bits per heavy atom. The molecule has 0 radical (unpaired) electrons. The van der Waals surface area contributed by atoms with Gasteiger partial charge < -0.3 is 14.6 Å². The van der Waals surface area contributed by atoms with Crippen LogP contribution in [0, 0.1) is 29.1 Å². The number of carbonyl (C=O) groups excluding carboxylic acids is 2. The molecule has 0 aromatic carbocycles. The number of carbonyl (C=O) groups is 2. The second kappa shape index (κ2) is 8.48. The zero-order valence-corrected chi connectivity index (χ0v) is 20.4. The van der Waals surface area contributed by atoms with Crippen LogP contribution in [0.25, 0.3) is 0 Å². The maximum absolute atomic E-state index is 13.8. The van der Waals surface area contributed by atoms with Crippen LogP contribution in [0.15, 0.2) is 6.07 Å². The minimum atomic E-state index is -1.42. The minimum Gasteiger partial charge on any atom is -0.431 e. The number of amides is 1. The van der Waals surface area contributed by atoms with Gasteiger partial charge in [-0.3, -0.25) is 9.69 Å². The van der Waals surface area contributed by atoms with E-state index in [2.05, 4.69) is 18.8 Å². The fourth-order valence-electron chi connectivity index (χ4n) is 4.99. The fraction of sp³-hybridized carbons (Fsp3) is 0.680. The van der Waals surface area contributed by atoms with E-state index in [0.29, 0.717) is 22.0 Å². The Bertz CT molecular complexity index is 961. The normalized spacial score (nSPS) is 31.6. The van der Waals surface area contributed by atoms with E-state index in [-0.39, 0.29) is 17.2 Å². The molecule has 3 aliphatic rings. The molecule has 6 nitrogen and oxygen atoms in total. The molecule has 7 heteroatoms. The Labute approximate surface area is 194 Å². The van der Waals surface area contributed by atoms with Gasteiger partial charge in [-0.1, -0.05) is 38.0 Å². The molecule has 0 spiro atoms. The summed E-state index contributed by atoms with van der Waals surface area (Å²) < 4.78 is 11.4. The zero-order chi connectivity index (χ0) is 23.3. The van der Waals surface area contributed by atoms with Crippen molar-refractivity contribution in [2.24, 2.45) is 17.3 Å². The van der Waals surface area contributed by atoms with Crippen LogP contribution < -0.4 is 4.90 Å². The molecule has 1 aliphatic carbocycles. The maximum Gasteiger partial charge on any atom is 0.352 e. The van der Waals surface area contributed by atoms with E-state index < -0.39 is 29.8 Å². The monoisotopic (exact) mass is 459 g/mol. The average molecular weight is 460 g/mol. The lowest BCUT2D eigenvalue weighted by molar-refractivity contribution is -0.167. The van der Waals surface area contributed by atoms with Crippen LogP contribution in [0.2, 0.25) is 0 Å². The third-order valence-electron chi connectivity index (χ3n) is 6.87. The van der Waals surface area contributed by atoms with Crippen LogP contribution in [0.5, 0.6) is 0 Å². The second-order valence-electron chi connectivity index (χ2n) is 10.6. The first kappa shape index (κ1) is 23.3. The van der Waals surface area contributed by atoms with Crippen LogP contribution in [0.3, 0.4) is 0 Å². The summed E-state index contributed by atoms with van der Waals surface area (Å²) >= 11 is 1.22. The molecule has 174 valence electrons. The molecule has 1 amide bonds. The molecule has 1 saturated carbocycles. The number of nitrogens with zero attached hydrogens (tertiary/aromatic N) is 1. The summed E-state index contributed by atoms with van der Waals surface area (Å²) in [4.78, 5) is 29.7. The van der Waals surface area contributed by atoms with E-state index in [4.69, 9.17) is 9.47 Å². The van der Waals surface area contributed by atoms with E-state index in [1.54, 1.807) is 11.8 Å². The molecular formula is C25H33NO5S. The van der Waals surface area contributed by atoms with Gasteiger partial charge in [-0.05, 0) is 52.5 Å². The third kappa shape index (κ3) is 4.21. The van der Waals surface area contributed by atoms with Crippen LogP contribution in [-0.2, 0) is 14.3 Å². The Balaban J connectivity index is 1.87. The number of thiophene rings is 1. The lowest BCUT2D eigenvalue weighted by Gasteiger charge is -2.52. The minimum absolute atomic E-state index is 0.196. The summed E-state index contributed by atoms with van der Waals surface area (Å²) in [6.45, 7) is 10.2. The molecule has 1 saturated heterocycles. The number of cyclic esters (lactones) is 1. The standard InChI is InChI=1S/C25H33NO5S/c1-15-19-21(27)26(25(5,14-30-19)16-9-7-6-8-10-16)18-13-17(11-12-24(2,3)4)32-20(18)23(29)31-22(15)28/h13,15-16,19,22,28H,6-10,14H2,1-5H3. The van der Waals surface area contributed by atoms with Crippen molar-refractivity contribution in [2.75, 3.05) is 11.5 Å². The van der Waals surface area contributed by atoms with Crippen molar-refractivity contribution < 1.29 is 24.2 Å². The number of aliphatic hydroxyl groups is 1. The van der Waals surface area contributed by atoms with E-state index in [0.717, 1.165) is 25.7 Å². The molecule has 3 heterocycles. The predicted octanol–water partition coefficient (Wildman–Crippen LogP) is 4.34. The van der Waals surface area contributed by atoms with Crippen molar-refractivity contribution in [1.29, 1.82) is 0 Å². The first-order chi connectivity index (χ1) is 15.0. The van der Waals surface area contributed by atoms with E-state index >= 15 is 0 Å². The molecule has 1 aromatic rings. The summed E-state index contributed by atoms with van der Waals surface area (Å²) in [5, 5.41) is 10.5. The maximum atomic E-state index is 13.8. The zero-order valence-electron chi connectivity index (χ0n) is 19.6. The highest BCUT2D eigenvalue weighted by Gasteiger charge is 2.53. The van der Waals surface area contributed by atoms with E-state index in [9.17, 15) is 14.7 Å². The Hall–Kier alpha value is -1.88. The Morgan fingerprint density at radius 2 is 1.91 bits per heavy atom. The quantitative estimate of drug-likeness (QED) is 0.499. The third-order valence-corrected chi connectivity index (χ3v) is 7.89. The number of aliphatic hydroxyl groups excluding tert-OH is 1. The van der Waals surface area contributed by atoms with Crippen LogP contribution in [-0.4, -0.2) is 41.5 Å². The van der Waals surface area contributed by atoms with Crippen molar-refractivity contribution >= 4 is 28.9 Å². The van der Waals surface area contributed by atoms with Crippen LogP contribution >= 0.6 is 11.3 Å². The fourth-order valence-corrected chi connectivity index (χ4v) is 5.87. The highest BCUT2D eigenvalue weighted by molar-refractivity contribution is 7.15. The number of fused-ring (bicyclic) bond motifs is 4. The number of anilines is 1. The largest absolute Gasteiger partial charge is 0.431 e. The number of esters is 1. The van der Waals surface area contributed by atoms with Gasteiger partial charge in [0.2, 0.25) is 6.29 Å². The molecule has 4 atom stereocenters. The van der Waals surface area contributed by atoms with Crippen LogP contribution in [0.1, 0.15) is 81.3 Å². The summed E-state index contributed by atoms with van der Waals surface area (Å²) in [5.74, 6) is 5.13. The number of morpholine rings is 1. The molecule has 2 fully saturated rings. The molecule has 1 aromatic heterocycles. The summed E-state index contributed by atoms with van der Waals surface area (Å²) in [6.07, 6.45) is 3.21. The first-order valence-corrected chi connectivity index (χ1v) is 12.3. The van der Waals surface area contributed by atoms with Gasteiger partial charge in [0.1, 0.15) is 11.0 Å². The topological polar surface area (TPSA) is 76.1 Å². The first-order valence-electron chi connectivity index (χ1n) is 11.5. The second-order valence-corrected chi connectivity index (χ2v) is 11.6. The van der Waals surface area contributed by atoms with Gasteiger partial charge in [-0.15, -0.1) is 11.3 Å². The van der Waals surface area contributed by atoms with Crippen molar-refractivity contribution in [1.82, 2.24) is 0 Å². The predicted molar refractivity (Wildman–Crippen MR) is 123 cm³/mol. The van der Waals surface area contributed by atoms with Gasteiger partial charge in [-0.25, -0.2) is 4.79 Å². The van der Waals surface area contributed by atoms with Crippen molar-refractivity contribution in [3.05, 3.63) is 15.8 Å². The summed E-state index contributed by atoms with van der Waals surface area (Å²) in [6, 6.07) is 1.84. The van der Waals surface area contributed by atoms with Crippen molar-refractivity contribution in [2.45, 2.75) is 84.7 Å². The van der Waals surface area contributed by atoms with Gasteiger partial charge in [0.25, 0.3) is 5.91 Å². The molecule has 1 N–H and O–H groups in total. The van der Waals surface area contributed by atoms with E-state index in [1.165, 1.54) is 17.8 Å². The summed E-state index contributed by atoms with van der Waals surface area (Å²) in [7, 11) is 0. The van der Waals surface area contributed by atoms with Crippen molar-refractivity contribution in [3.63, 3.8) is 0 Å². The Morgan fingerprint density at radius 1 is 1.22 bits per heavy atom. The molecular weight excluding hydrogens is 426 g/mol. The lowest BCUT2D eigenvalue weighted by atomic mass is 9.73. The smallest absolute Gasteiger partial charge is 0.352 e. The average Bonchev–Trinajstić information content (AvgIpc) is 3.16.